The van der Waals surface area contributed by atoms with Crippen LogP contribution < -0.4 is 0 Å². The Morgan fingerprint density at radius 1 is 1.77 bits per heavy atom. The van der Waals surface area contributed by atoms with Gasteiger partial charge < -0.3 is 9.47 Å². The van der Waals surface area contributed by atoms with Gasteiger partial charge in [-0.05, 0) is 6.92 Å². The minimum absolute atomic E-state index is 0.130. The predicted molar refractivity (Wildman–Crippen MR) is 44.9 cm³/mol. The Hall–Kier alpha value is -1.32. The van der Waals surface area contributed by atoms with Crippen LogP contribution in [0.3, 0.4) is 0 Å². The van der Waals surface area contributed by atoms with E-state index < -0.39 is 11.6 Å². The Morgan fingerprint density at radius 2 is 2.46 bits per heavy atom. The highest BCUT2D eigenvalue weighted by atomic mass is 16.6. The highest BCUT2D eigenvalue weighted by Gasteiger charge is 2.34. The molecule has 0 amide bonds. The van der Waals surface area contributed by atoms with E-state index in [9.17, 15) is 9.59 Å². The van der Waals surface area contributed by atoms with Crippen molar-refractivity contribution in [3.63, 3.8) is 0 Å². The van der Waals surface area contributed by atoms with Crippen LogP contribution >= 0.6 is 0 Å². The molecule has 0 aromatic heterocycles. The molecule has 1 aliphatic rings. The molecule has 1 saturated heterocycles. The Kier molecular flexibility index (Phi) is 2.70. The number of carbonyl (C=O) groups is 2. The number of rotatable bonds is 2. The Morgan fingerprint density at radius 3 is 2.92 bits per heavy atom. The van der Waals surface area contributed by atoms with Crippen LogP contribution in [0.25, 0.3) is 0 Å². The standard InChI is InChI=1S/C9H12O4/c1-3-7(10)13-9(2)5-4-8(11)12-6-9/h3H,1,4-6H2,2H3. The van der Waals surface area contributed by atoms with Crippen LogP contribution in [0, 0.1) is 0 Å². The molecule has 0 N–H and O–H groups in total. The van der Waals surface area contributed by atoms with E-state index in [0.29, 0.717) is 12.8 Å². The summed E-state index contributed by atoms with van der Waals surface area (Å²) in [6.45, 7) is 5.16. The lowest BCUT2D eigenvalue weighted by molar-refractivity contribution is -0.176. The van der Waals surface area contributed by atoms with E-state index in [-0.39, 0.29) is 12.6 Å². The number of ether oxygens (including phenoxy) is 2. The minimum atomic E-state index is -0.681. The molecule has 0 radical (unpaired) electrons. The van der Waals surface area contributed by atoms with Gasteiger partial charge in [-0.2, -0.15) is 0 Å². The molecule has 0 spiro atoms. The zero-order chi connectivity index (χ0) is 9.90. The molecule has 0 aromatic carbocycles. The first-order chi connectivity index (χ1) is 6.06. The van der Waals surface area contributed by atoms with Gasteiger partial charge in [-0.15, -0.1) is 0 Å². The third-order valence-electron chi connectivity index (χ3n) is 1.91. The average molecular weight is 184 g/mol. The summed E-state index contributed by atoms with van der Waals surface area (Å²) in [5.41, 5.74) is -0.681. The van der Waals surface area contributed by atoms with Crippen molar-refractivity contribution in [2.24, 2.45) is 0 Å². The molecule has 1 atom stereocenters. The third kappa shape index (κ3) is 2.57. The van der Waals surface area contributed by atoms with Crippen molar-refractivity contribution in [1.82, 2.24) is 0 Å². The van der Waals surface area contributed by atoms with E-state index in [2.05, 4.69) is 6.58 Å². The molecular weight excluding hydrogens is 172 g/mol. The zero-order valence-corrected chi connectivity index (χ0v) is 7.54. The molecular formula is C9H12O4. The summed E-state index contributed by atoms with van der Waals surface area (Å²) in [6.07, 6.45) is 1.90. The van der Waals surface area contributed by atoms with Crippen LogP contribution in [0.2, 0.25) is 0 Å². The normalized spacial score (nSPS) is 27.6. The maximum Gasteiger partial charge on any atom is 0.330 e. The quantitative estimate of drug-likeness (QED) is 0.470. The van der Waals surface area contributed by atoms with Gasteiger partial charge in [-0.3, -0.25) is 4.79 Å². The first kappa shape index (κ1) is 9.77. The third-order valence-corrected chi connectivity index (χ3v) is 1.91. The fourth-order valence-electron chi connectivity index (χ4n) is 1.11. The number of esters is 2. The number of hydrogen-bond donors (Lipinski definition) is 0. The molecule has 0 bridgehead atoms. The molecule has 4 nitrogen and oxygen atoms in total. The van der Waals surface area contributed by atoms with Crippen LogP contribution in [0.1, 0.15) is 19.8 Å². The van der Waals surface area contributed by atoms with Crippen molar-refractivity contribution in [2.45, 2.75) is 25.4 Å². The maximum absolute atomic E-state index is 10.9. The van der Waals surface area contributed by atoms with Gasteiger partial charge in [-0.25, -0.2) is 4.79 Å². The molecule has 0 aromatic rings. The van der Waals surface area contributed by atoms with Gasteiger partial charge >= 0.3 is 11.9 Å². The molecule has 1 unspecified atom stereocenters. The van der Waals surface area contributed by atoms with Crippen LogP contribution in [0.4, 0.5) is 0 Å². The smallest absolute Gasteiger partial charge is 0.330 e. The number of cyclic esters (lactones) is 1. The largest absolute Gasteiger partial charge is 0.461 e. The van der Waals surface area contributed by atoms with Gasteiger partial charge in [0.25, 0.3) is 0 Å². The summed E-state index contributed by atoms with van der Waals surface area (Å²) in [5.74, 6) is -0.729. The monoisotopic (exact) mass is 184 g/mol. The second-order valence-corrected chi connectivity index (χ2v) is 3.24. The van der Waals surface area contributed by atoms with Gasteiger partial charge in [0, 0.05) is 18.9 Å². The Labute approximate surface area is 76.5 Å². The zero-order valence-electron chi connectivity index (χ0n) is 7.54. The van der Waals surface area contributed by atoms with Gasteiger partial charge in [0.1, 0.15) is 12.2 Å². The SMILES string of the molecule is C=CC(=O)OC1(C)CCC(=O)OC1. The Bertz CT molecular complexity index is 234. The minimum Gasteiger partial charge on any atom is -0.461 e. The van der Waals surface area contributed by atoms with Gasteiger partial charge in [0.15, 0.2) is 0 Å². The van der Waals surface area contributed by atoms with Gasteiger partial charge in [-0.1, -0.05) is 6.58 Å². The summed E-state index contributed by atoms with van der Waals surface area (Å²) in [4.78, 5) is 21.6. The predicted octanol–water partition coefficient (Wildman–Crippen LogP) is 0.811. The molecule has 72 valence electrons. The maximum atomic E-state index is 10.9. The van der Waals surface area contributed by atoms with E-state index >= 15 is 0 Å². The molecule has 1 fully saturated rings. The fourth-order valence-corrected chi connectivity index (χ4v) is 1.11. The highest BCUT2D eigenvalue weighted by molar-refractivity contribution is 5.81. The van der Waals surface area contributed by atoms with Gasteiger partial charge in [0.05, 0.1) is 0 Å². The lowest BCUT2D eigenvalue weighted by Gasteiger charge is -2.31. The summed E-state index contributed by atoms with van der Waals surface area (Å²) in [5, 5.41) is 0. The second kappa shape index (κ2) is 3.60. The van der Waals surface area contributed by atoms with Crippen molar-refractivity contribution < 1.29 is 19.1 Å². The van der Waals surface area contributed by atoms with Crippen molar-refractivity contribution in [3.8, 4) is 0 Å². The van der Waals surface area contributed by atoms with Crippen molar-refractivity contribution >= 4 is 11.9 Å². The van der Waals surface area contributed by atoms with Crippen molar-refractivity contribution in [2.75, 3.05) is 6.61 Å². The highest BCUT2D eigenvalue weighted by Crippen LogP contribution is 2.23. The fraction of sp³-hybridized carbons (Fsp3) is 0.556. The average Bonchev–Trinajstić information content (AvgIpc) is 2.10. The van der Waals surface area contributed by atoms with Crippen molar-refractivity contribution in [3.05, 3.63) is 12.7 Å². The van der Waals surface area contributed by atoms with Crippen LogP contribution in [-0.2, 0) is 19.1 Å². The molecule has 0 aliphatic carbocycles. The molecule has 1 aliphatic heterocycles. The van der Waals surface area contributed by atoms with E-state index in [1.165, 1.54) is 0 Å². The van der Waals surface area contributed by atoms with E-state index in [1.807, 2.05) is 0 Å². The lowest BCUT2D eigenvalue weighted by Crippen LogP contribution is -2.41. The summed E-state index contributed by atoms with van der Waals surface area (Å²) >= 11 is 0. The second-order valence-electron chi connectivity index (χ2n) is 3.24. The molecule has 1 rings (SSSR count). The number of hydrogen-bond acceptors (Lipinski definition) is 4. The number of carbonyl (C=O) groups excluding carboxylic acids is 2. The Balaban J connectivity index is 2.52. The lowest BCUT2D eigenvalue weighted by atomic mass is 9.99. The van der Waals surface area contributed by atoms with E-state index in [4.69, 9.17) is 9.47 Å². The summed E-state index contributed by atoms with van der Waals surface area (Å²) in [7, 11) is 0. The van der Waals surface area contributed by atoms with Crippen molar-refractivity contribution in [1.29, 1.82) is 0 Å². The van der Waals surface area contributed by atoms with E-state index in [0.717, 1.165) is 6.08 Å². The summed E-state index contributed by atoms with van der Waals surface area (Å²) in [6, 6.07) is 0. The molecule has 0 saturated carbocycles. The van der Waals surface area contributed by atoms with Gasteiger partial charge in [0.2, 0.25) is 0 Å². The van der Waals surface area contributed by atoms with Crippen LogP contribution in [0.15, 0.2) is 12.7 Å². The molecule has 13 heavy (non-hydrogen) atoms. The van der Waals surface area contributed by atoms with Crippen LogP contribution in [-0.4, -0.2) is 24.1 Å². The molecule has 4 heteroatoms. The van der Waals surface area contributed by atoms with Crippen LogP contribution in [0.5, 0.6) is 0 Å². The first-order valence-electron chi connectivity index (χ1n) is 4.07. The van der Waals surface area contributed by atoms with E-state index in [1.54, 1.807) is 6.92 Å². The summed E-state index contributed by atoms with van der Waals surface area (Å²) < 4.78 is 9.83. The topological polar surface area (TPSA) is 52.6 Å². The molecule has 1 heterocycles. The first-order valence-corrected chi connectivity index (χ1v) is 4.07.